The van der Waals surface area contributed by atoms with E-state index in [2.05, 4.69) is 45.8 Å². The molecule has 6 aromatic rings. The lowest BCUT2D eigenvalue weighted by atomic mass is 9.92. The summed E-state index contributed by atoms with van der Waals surface area (Å²) in [6.45, 7) is 7.59. The SMILES string of the molecule is C/C=C\B(O)O.C/C=C\c1cnc2[nH]c(=O)n([C@@H](C)c3ccccc3)c2n1.C[C@@H](c1ccccc1)n1c(=O)[nH]c2ncc(Br)nc21. The van der Waals surface area contributed by atoms with Gasteiger partial charge in [-0.15, -0.1) is 0 Å². The maximum absolute atomic E-state index is 12.2. The molecule has 4 heterocycles. The van der Waals surface area contributed by atoms with Crippen molar-refractivity contribution in [2.75, 3.05) is 0 Å². The van der Waals surface area contributed by atoms with Crippen molar-refractivity contribution in [3.8, 4) is 0 Å². The van der Waals surface area contributed by atoms with E-state index in [9.17, 15) is 9.59 Å². The van der Waals surface area contributed by atoms with Crippen molar-refractivity contribution in [2.24, 2.45) is 0 Å². The number of hydrogen-bond donors (Lipinski definition) is 4. The molecule has 46 heavy (non-hydrogen) atoms. The van der Waals surface area contributed by atoms with Crippen LogP contribution in [0.2, 0.25) is 0 Å². The normalized spacial score (nSPS) is 12.5. The second-order valence-corrected chi connectivity index (χ2v) is 10.9. The Labute approximate surface area is 273 Å². The maximum Gasteiger partial charge on any atom is 0.480 e. The highest BCUT2D eigenvalue weighted by atomic mass is 79.9. The fraction of sp³-hybridized carbons (Fsp3) is 0.188. The highest BCUT2D eigenvalue weighted by Gasteiger charge is 2.18. The summed E-state index contributed by atoms with van der Waals surface area (Å²) in [5.74, 6) is 1.28. The first kappa shape index (κ1) is 34.0. The van der Waals surface area contributed by atoms with Crippen LogP contribution in [0.4, 0.5) is 0 Å². The topological polar surface area (TPSA) is 168 Å². The summed E-state index contributed by atoms with van der Waals surface area (Å²) in [5.41, 5.74) is 4.57. The molecule has 0 amide bonds. The zero-order chi connectivity index (χ0) is 33.2. The molecule has 0 saturated heterocycles. The lowest BCUT2D eigenvalue weighted by molar-refractivity contribution is 0.424. The van der Waals surface area contributed by atoms with Gasteiger partial charge in [-0.3, -0.25) is 19.1 Å². The third-order valence-corrected chi connectivity index (χ3v) is 7.26. The minimum absolute atomic E-state index is 0.106. The molecule has 4 aromatic heterocycles. The highest BCUT2D eigenvalue weighted by molar-refractivity contribution is 9.10. The van der Waals surface area contributed by atoms with Gasteiger partial charge >= 0.3 is 18.5 Å². The lowest BCUT2D eigenvalue weighted by Crippen LogP contribution is -2.21. The first-order valence-corrected chi connectivity index (χ1v) is 15.2. The second kappa shape index (κ2) is 15.9. The molecule has 0 aliphatic rings. The van der Waals surface area contributed by atoms with Crippen molar-refractivity contribution < 1.29 is 10.0 Å². The van der Waals surface area contributed by atoms with E-state index in [1.54, 1.807) is 34.5 Å². The van der Waals surface area contributed by atoms with Crippen LogP contribution < -0.4 is 11.4 Å². The van der Waals surface area contributed by atoms with Crippen molar-refractivity contribution in [1.82, 2.24) is 39.0 Å². The van der Waals surface area contributed by atoms with Crippen molar-refractivity contribution in [3.05, 3.63) is 134 Å². The molecule has 0 radical (unpaired) electrons. The summed E-state index contributed by atoms with van der Waals surface area (Å²) >= 11 is 3.28. The fourth-order valence-electron chi connectivity index (χ4n) is 4.68. The molecular weight excluding hydrogens is 651 g/mol. The molecule has 4 N–H and O–H groups in total. The minimum Gasteiger partial charge on any atom is -0.424 e. The minimum atomic E-state index is -1.28. The van der Waals surface area contributed by atoms with Gasteiger partial charge in [0.25, 0.3) is 0 Å². The molecule has 14 heteroatoms. The number of imidazole rings is 2. The van der Waals surface area contributed by atoms with Gasteiger partial charge in [0.1, 0.15) is 4.60 Å². The average Bonchev–Trinajstić information content (AvgIpc) is 3.56. The summed E-state index contributed by atoms with van der Waals surface area (Å²) in [7, 11) is -1.28. The van der Waals surface area contributed by atoms with Crippen molar-refractivity contribution in [1.29, 1.82) is 0 Å². The molecule has 0 spiro atoms. The molecule has 0 fully saturated rings. The highest BCUT2D eigenvalue weighted by Crippen LogP contribution is 2.21. The van der Waals surface area contributed by atoms with E-state index in [4.69, 9.17) is 10.0 Å². The Balaban J connectivity index is 0.000000179. The van der Waals surface area contributed by atoms with Crippen LogP contribution in [-0.2, 0) is 0 Å². The molecule has 0 unspecified atom stereocenters. The Morgan fingerprint density at radius 2 is 1.24 bits per heavy atom. The number of aromatic amines is 2. The summed E-state index contributed by atoms with van der Waals surface area (Å²) in [5, 5.41) is 16.0. The number of halogens is 1. The van der Waals surface area contributed by atoms with Crippen LogP contribution in [0.1, 0.15) is 56.6 Å². The number of nitrogens with one attached hydrogen (secondary N) is 2. The third kappa shape index (κ3) is 8.21. The van der Waals surface area contributed by atoms with Crippen LogP contribution in [0.3, 0.4) is 0 Å². The van der Waals surface area contributed by atoms with E-state index < -0.39 is 7.12 Å². The molecule has 2 aromatic carbocycles. The van der Waals surface area contributed by atoms with Crippen LogP contribution in [-0.4, -0.2) is 56.2 Å². The molecular formula is C32H34BBrN8O4. The Bertz CT molecular complexity index is 2050. The third-order valence-electron chi connectivity index (χ3n) is 6.88. The Morgan fingerprint density at radius 1 is 0.761 bits per heavy atom. The first-order valence-electron chi connectivity index (χ1n) is 14.5. The zero-order valence-electron chi connectivity index (χ0n) is 25.7. The Morgan fingerprint density at radius 3 is 1.67 bits per heavy atom. The summed E-state index contributed by atoms with van der Waals surface area (Å²) in [4.78, 5) is 47.0. The average molecular weight is 685 g/mol. The second-order valence-electron chi connectivity index (χ2n) is 10.0. The summed E-state index contributed by atoms with van der Waals surface area (Å²) < 4.78 is 3.86. The van der Waals surface area contributed by atoms with E-state index in [0.29, 0.717) is 27.2 Å². The Kier molecular flexibility index (Phi) is 11.7. The lowest BCUT2D eigenvalue weighted by Gasteiger charge is -2.13. The van der Waals surface area contributed by atoms with Gasteiger partial charge in [-0.2, -0.15) is 0 Å². The van der Waals surface area contributed by atoms with E-state index in [-0.39, 0.29) is 23.5 Å². The molecule has 0 aliphatic carbocycles. The van der Waals surface area contributed by atoms with E-state index in [1.807, 2.05) is 93.6 Å². The van der Waals surface area contributed by atoms with Crippen molar-refractivity contribution >= 4 is 51.7 Å². The molecule has 0 saturated carbocycles. The zero-order valence-corrected chi connectivity index (χ0v) is 27.3. The van der Waals surface area contributed by atoms with Crippen molar-refractivity contribution in [3.63, 3.8) is 0 Å². The fourth-order valence-corrected chi connectivity index (χ4v) is 4.95. The molecule has 0 bridgehead atoms. The maximum atomic E-state index is 12.2. The molecule has 12 nitrogen and oxygen atoms in total. The smallest absolute Gasteiger partial charge is 0.424 e. The largest absolute Gasteiger partial charge is 0.480 e. The number of hydrogen-bond acceptors (Lipinski definition) is 8. The van der Waals surface area contributed by atoms with Crippen LogP contribution in [0.5, 0.6) is 0 Å². The van der Waals surface area contributed by atoms with Gasteiger partial charge in [-0.05, 0) is 60.8 Å². The quantitative estimate of drug-likeness (QED) is 0.181. The first-order chi connectivity index (χ1) is 22.1. The number of nitrogens with zero attached hydrogens (tertiary/aromatic N) is 6. The number of rotatable bonds is 6. The van der Waals surface area contributed by atoms with Gasteiger partial charge in [-0.1, -0.05) is 78.8 Å². The number of fused-ring (bicyclic) bond motifs is 2. The number of aromatic nitrogens is 8. The predicted octanol–water partition coefficient (Wildman–Crippen LogP) is 4.83. The number of benzene rings is 2. The van der Waals surface area contributed by atoms with Crippen LogP contribution in [0.25, 0.3) is 28.7 Å². The van der Waals surface area contributed by atoms with E-state index in [1.165, 1.54) is 5.98 Å². The number of H-pyrrole nitrogens is 2. The predicted molar refractivity (Wildman–Crippen MR) is 184 cm³/mol. The Hall–Kier alpha value is -4.92. The van der Waals surface area contributed by atoms with Gasteiger partial charge in [0.2, 0.25) is 0 Å². The van der Waals surface area contributed by atoms with Crippen LogP contribution in [0.15, 0.2) is 105 Å². The van der Waals surface area contributed by atoms with Gasteiger partial charge < -0.3 is 10.0 Å². The van der Waals surface area contributed by atoms with Crippen molar-refractivity contribution in [2.45, 2.75) is 39.8 Å². The van der Waals surface area contributed by atoms with Crippen LogP contribution in [0, 0.1) is 0 Å². The summed E-state index contributed by atoms with van der Waals surface area (Å²) in [6, 6.07) is 19.5. The van der Waals surface area contributed by atoms with Gasteiger partial charge in [0, 0.05) is 0 Å². The van der Waals surface area contributed by atoms with E-state index >= 15 is 0 Å². The number of allylic oxidation sites excluding steroid dienone is 2. The molecule has 0 aliphatic heterocycles. The standard InChI is InChI=1S/C16H16N4O.C13H11BrN4O.C3H7BO2/c1-3-7-13-10-17-14-15(18-13)20(16(21)19-14)11(2)12-8-5-4-6-9-12;1-8(9-5-3-2-4-6-9)18-12-11(17-13(18)19)15-7-10(14)16-12;1-2-3-4(5)6/h3-11H,1-2H3,(H,17,19,21);2-8H,1H3,(H,15,17,19);2-3,5-6H,1H3/b7-3-;;3-2-/t11-;8-;/m00./s1. The van der Waals surface area contributed by atoms with Gasteiger partial charge in [0.05, 0.1) is 30.2 Å². The molecule has 236 valence electrons. The molecule has 2 atom stereocenters. The van der Waals surface area contributed by atoms with Crippen LogP contribution >= 0.6 is 15.9 Å². The monoisotopic (exact) mass is 684 g/mol. The summed E-state index contributed by atoms with van der Waals surface area (Å²) in [6.07, 6.45) is 8.54. The molecule has 6 rings (SSSR count). The van der Waals surface area contributed by atoms with Gasteiger partial charge in [-0.25, -0.2) is 29.5 Å². The van der Waals surface area contributed by atoms with E-state index in [0.717, 1.165) is 16.8 Å². The van der Waals surface area contributed by atoms with Gasteiger partial charge in [0.15, 0.2) is 22.6 Å².